The van der Waals surface area contributed by atoms with Gasteiger partial charge >= 0.3 is 0 Å². The maximum Gasteiger partial charge on any atom is 0.219 e. The van der Waals surface area contributed by atoms with E-state index in [0.29, 0.717) is 5.54 Å². The highest BCUT2D eigenvalue weighted by Gasteiger charge is 2.58. The fraction of sp³-hybridized carbons (Fsp3) is 0.889. The highest BCUT2D eigenvalue weighted by Crippen LogP contribution is 2.54. The molecule has 1 aliphatic heterocycles. The largest absolute Gasteiger partial charge is 0.337 e. The van der Waals surface area contributed by atoms with Crippen molar-refractivity contribution in [2.75, 3.05) is 6.54 Å². The number of rotatable bonds is 0. The van der Waals surface area contributed by atoms with Crippen molar-refractivity contribution in [2.45, 2.75) is 38.6 Å². The molecular weight excluding hydrogens is 138 g/mol. The van der Waals surface area contributed by atoms with Crippen molar-refractivity contribution in [3.8, 4) is 0 Å². The Labute approximate surface area is 67.6 Å². The molecular formula is C9H15NO. The van der Waals surface area contributed by atoms with Crippen LogP contribution in [0.15, 0.2) is 0 Å². The highest BCUT2D eigenvalue weighted by atomic mass is 16.2. The SMILES string of the molecule is CC(=O)N1CCC[C@]12C[C@@H]2C. The Balaban J connectivity index is 2.16. The average Bonchev–Trinajstić information content (AvgIpc) is 2.45. The van der Waals surface area contributed by atoms with Crippen LogP contribution in [-0.2, 0) is 4.79 Å². The second kappa shape index (κ2) is 1.99. The van der Waals surface area contributed by atoms with Crippen LogP contribution in [0, 0.1) is 5.92 Å². The van der Waals surface area contributed by atoms with E-state index in [1.54, 1.807) is 6.92 Å². The Kier molecular flexibility index (Phi) is 1.29. The van der Waals surface area contributed by atoms with Crippen molar-refractivity contribution in [3.05, 3.63) is 0 Å². The van der Waals surface area contributed by atoms with Gasteiger partial charge in [-0.05, 0) is 25.2 Å². The van der Waals surface area contributed by atoms with Gasteiger partial charge in [0.05, 0.1) is 0 Å². The van der Waals surface area contributed by atoms with Crippen LogP contribution in [0.3, 0.4) is 0 Å². The topological polar surface area (TPSA) is 20.3 Å². The van der Waals surface area contributed by atoms with Crippen LogP contribution in [0.1, 0.15) is 33.1 Å². The van der Waals surface area contributed by atoms with Gasteiger partial charge in [-0.15, -0.1) is 0 Å². The summed E-state index contributed by atoms with van der Waals surface area (Å²) in [5.41, 5.74) is 0.325. The predicted octanol–water partition coefficient (Wildman–Crippen LogP) is 1.41. The van der Waals surface area contributed by atoms with E-state index in [0.717, 1.165) is 12.5 Å². The first kappa shape index (κ1) is 7.14. The molecule has 1 saturated carbocycles. The molecule has 1 amide bonds. The molecule has 2 aliphatic rings. The number of likely N-dealkylation sites (tertiary alicyclic amines) is 1. The van der Waals surface area contributed by atoms with Crippen LogP contribution in [0.5, 0.6) is 0 Å². The Hall–Kier alpha value is -0.530. The van der Waals surface area contributed by atoms with E-state index < -0.39 is 0 Å². The number of carbonyl (C=O) groups is 1. The quantitative estimate of drug-likeness (QED) is 0.515. The van der Waals surface area contributed by atoms with Gasteiger partial charge in [0.25, 0.3) is 0 Å². The molecule has 0 aromatic rings. The van der Waals surface area contributed by atoms with E-state index in [9.17, 15) is 4.79 Å². The summed E-state index contributed by atoms with van der Waals surface area (Å²) in [5.74, 6) is 1.03. The minimum atomic E-state index is 0.270. The van der Waals surface area contributed by atoms with Crippen LogP contribution in [-0.4, -0.2) is 22.9 Å². The lowest BCUT2D eigenvalue weighted by Crippen LogP contribution is -2.36. The van der Waals surface area contributed by atoms with Gasteiger partial charge in [-0.1, -0.05) is 6.92 Å². The Morgan fingerprint density at radius 3 is 2.64 bits per heavy atom. The fourth-order valence-electron chi connectivity index (χ4n) is 2.57. The average molecular weight is 153 g/mol. The van der Waals surface area contributed by atoms with Crippen LogP contribution in [0.4, 0.5) is 0 Å². The maximum absolute atomic E-state index is 11.2. The summed E-state index contributed by atoms with van der Waals surface area (Å²) in [6, 6.07) is 0. The van der Waals surface area contributed by atoms with Crippen molar-refractivity contribution in [1.29, 1.82) is 0 Å². The van der Waals surface area contributed by atoms with Gasteiger partial charge in [-0.25, -0.2) is 0 Å². The van der Waals surface area contributed by atoms with Crippen molar-refractivity contribution in [3.63, 3.8) is 0 Å². The number of nitrogens with zero attached hydrogens (tertiary/aromatic N) is 1. The van der Waals surface area contributed by atoms with E-state index in [1.165, 1.54) is 19.3 Å². The summed E-state index contributed by atoms with van der Waals surface area (Å²) in [5, 5.41) is 0. The van der Waals surface area contributed by atoms with Crippen LogP contribution < -0.4 is 0 Å². The third-order valence-electron chi connectivity index (χ3n) is 3.33. The molecule has 2 nitrogen and oxygen atoms in total. The third kappa shape index (κ3) is 0.815. The number of amides is 1. The van der Waals surface area contributed by atoms with Crippen molar-refractivity contribution < 1.29 is 4.79 Å². The summed E-state index contributed by atoms with van der Waals surface area (Å²) in [6.45, 7) is 4.94. The minimum absolute atomic E-state index is 0.270. The molecule has 62 valence electrons. The van der Waals surface area contributed by atoms with E-state index in [2.05, 4.69) is 11.8 Å². The zero-order valence-corrected chi connectivity index (χ0v) is 7.26. The van der Waals surface area contributed by atoms with Crippen molar-refractivity contribution in [2.24, 2.45) is 5.92 Å². The van der Waals surface area contributed by atoms with E-state index in [1.807, 2.05) is 0 Å². The normalized spacial score (nSPS) is 41.6. The molecule has 11 heavy (non-hydrogen) atoms. The van der Waals surface area contributed by atoms with Gasteiger partial charge in [0, 0.05) is 19.0 Å². The molecule has 0 bridgehead atoms. The molecule has 1 aliphatic carbocycles. The molecule has 1 saturated heterocycles. The van der Waals surface area contributed by atoms with Gasteiger partial charge < -0.3 is 4.90 Å². The highest BCUT2D eigenvalue weighted by molar-refractivity contribution is 5.75. The van der Waals surface area contributed by atoms with Crippen LogP contribution in [0.25, 0.3) is 0 Å². The first-order valence-electron chi connectivity index (χ1n) is 4.45. The Morgan fingerprint density at radius 2 is 2.27 bits per heavy atom. The second-order valence-corrected chi connectivity index (χ2v) is 3.98. The zero-order chi connectivity index (χ0) is 8.06. The Morgan fingerprint density at radius 1 is 1.64 bits per heavy atom. The predicted molar refractivity (Wildman–Crippen MR) is 43.1 cm³/mol. The van der Waals surface area contributed by atoms with Crippen molar-refractivity contribution >= 4 is 5.91 Å². The molecule has 2 fully saturated rings. The summed E-state index contributed by atoms with van der Waals surface area (Å²) >= 11 is 0. The molecule has 0 aromatic heterocycles. The Bertz CT molecular complexity index is 202. The number of hydrogen-bond donors (Lipinski definition) is 0. The molecule has 0 radical (unpaired) electrons. The first-order chi connectivity index (χ1) is 5.17. The van der Waals surface area contributed by atoms with Gasteiger partial charge in [-0.2, -0.15) is 0 Å². The van der Waals surface area contributed by atoms with E-state index >= 15 is 0 Å². The monoisotopic (exact) mass is 153 g/mol. The van der Waals surface area contributed by atoms with Gasteiger partial charge in [0.2, 0.25) is 5.91 Å². The maximum atomic E-state index is 11.2. The summed E-state index contributed by atoms with van der Waals surface area (Å²) in [6.07, 6.45) is 3.70. The lowest BCUT2D eigenvalue weighted by atomic mass is 10.1. The zero-order valence-electron chi connectivity index (χ0n) is 7.26. The van der Waals surface area contributed by atoms with Crippen molar-refractivity contribution in [1.82, 2.24) is 4.90 Å². The standard InChI is InChI=1S/C9H15NO/c1-7-6-9(7)4-3-5-10(9)8(2)11/h7H,3-6H2,1-2H3/t7-,9+/m0/s1. The van der Waals surface area contributed by atoms with E-state index in [-0.39, 0.29) is 5.91 Å². The molecule has 1 heterocycles. The van der Waals surface area contributed by atoms with E-state index in [4.69, 9.17) is 0 Å². The minimum Gasteiger partial charge on any atom is -0.337 e. The summed E-state index contributed by atoms with van der Waals surface area (Å²) in [7, 11) is 0. The molecule has 0 N–H and O–H groups in total. The molecule has 2 atom stereocenters. The lowest BCUT2D eigenvalue weighted by molar-refractivity contribution is -0.130. The first-order valence-corrected chi connectivity index (χ1v) is 4.45. The van der Waals surface area contributed by atoms with Crippen LogP contribution >= 0.6 is 0 Å². The summed E-state index contributed by atoms with van der Waals surface area (Å²) in [4.78, 5) is 13.3. The molecule has 2 rings (SSSR count). The smallest absolute Gasteiger partial charge is 0.219 e. The van der Waals surface area contributed by atoms with Crippen LogP contribution in [0.2, 0.25) is 0 Å². The molecule has 0 aromatic carbocycles. The van der Waals surface area contributed by atoms with Gasteiger partial charge in [-0.3, -0.25) is 4.79 Å². The number of hydrogen-bond acceptors (Lipinski definition) is 1. The fourth-order valence-corrected chi connectivity index (χ4v) is 2.57. The third-order valence-corrected chi connectivity index (χ3v) is 3.33. The summed E-state index contributed by atoms with van der Waals surface area (Å²) < 4.78 is 0. The molecule has 0 unspecified atom stereocenters. The number of carbonyl (C=O) groups excluding carboxylic acids is 1. The second-order valence-electron chi connectivity index (χ2n) is 3.98. The van der Waals surface area contributed by atoms with Gasteiger partial charge in [0.1, 0.15) is 0 Å². The molecule has 2 heteroatoms. The van der Waals surface area contributed by atoms with Gasteiger partial charge in [0.15, 0.2) is 0 Å². The molecule has 1 spiro atoms. The lowest BCUT2D eigenvalue weighted by Gasteiger charge is -2.23.